The molecule has 1 heterocycles. The number of imide groups is 2. The quantitative estimate of drug-likeness (QED) is 0.592. The van der Waals surface area contributed by atoms with E-state index in [2.05, 4.69) is 12.6 Å². The Morgan fingerprint density at radius 1 is 1.12 bits per heavy atom. The summed E-state index contributed by atoms with van der Waals surface area (Å²) < 4.78 is -1.43. The first-order chi connectivity index (χ1) is 7.37. The SMILES string of the molecule is CCCN1C(=O)N(CC)C(=O)C(C)(S)C1=O. The van der Waals surface area contributed by atoms with E-state index in [-0.39, 0.29) is 6.54 Å². The average molecular weight is 244 g/mol. The van der Waals surface area contributed by atoms with E-state index in [0.29, 0.717) is 13.0 Å². The van der Waals surface area contributed by atoms with Crippen molar-refractivity contribution in [3.8, 4) is 0 Å². The Kier molecular flexibility index (Phi) is 3.62. The van der Waals surface area contributed by atoms with Gasteiger partial charge in [-0.05, 0) is 20.3 Å². The van der Waals surface area contributed by atoms with Crippen LogP contribution < -0.4 is 0 Å². The molecule has 0 radical (unpaired) electrons. The molecule has 0 aromatic carbocycles. The molecule has 4 amide bonds. The van der Waals surface area contributed by atoms with Crippen molar-refractivity contribution in [2.45, 2.75) is 31.9 Å². The normalized spacial score (nSPS) is 26.6. The van der Waals surface area contributed by atoms with Crippen LogP contribution in [0.2, 0.25) is 0 Å². The van der Waals surface area contributed by atoms with Gasteiger partial charge in [-0.1, -0.05) is 6.92 Å². The first-order valence-electron chi connectivity index (χ1n) is 5.28. The standard InChI is InChI=1S/C10H16N2O3S/c1-4-6-12-8(14)10(3,16)7(13)11(5-2)9(12)15/h16H,4-6H2,1-3H3. The van der Waals surface area contributed by atoms with Crippen molar-refractivity contribution >= 4 is 30.5 Å². The summed E-state index contributed by atoms with van der Waals surface area (Å²) in [5, 5.41) is 0. The molecule has 16 heavy (non-hydrogen) atoms. The van der Waals surface area contributed by atoms with Crippen LogP contribution in [0.5, 0.6) is 0 Å². The molecular formula is C10H16N2O3S. The van der Waals surface area contributed by atoms with Crippen molar-refractivity contribution in [1.82, 2.24) is 9.80 Å². The third-order valence-electron chi connectivity index (χ3n) is 2.55. The molecule has 1 aliphatic rings. The number of hydrogen-bond donors (Lipinski definition) is 1. The molecule has 0 aliphatic carbocycles. The summed E-state index contributed by atoms with van der Waals surface area (Å²) in [6.45, 7) is 5.56. The number of nitrogens with zero attached hydrogens (tertiary/aromatic N) is 2. The van der Waals surface area contributed by atoms with Crippen LogP contribution in [-0.2, 0) is 9.59 Å². The van der Waals surface area contributed by atoms with E-state index < -0.39 is 22.6 Å². The predicted molar refractivity (Wildman–Crippen MR) is 62.2 cm³/mol. The summed E-state index contributed by atoms with van der Waals surface area (Å²) in [7, 11) is 0. The van der Waals surface area contributed by atoms with Crippen molar-refractivity contribution in [2.75, 3.05) is 13.1 Å². The summed E-state index contributed by atoms with van der Waals surface area (Å²) in [6, 6.07) is -0.536. The molecule has 0 N–H and O–H groups in total. The van der Waals surface area contributed by atoms with E-state index in [0.717, 1.165) is 9.80 Å². The monoisotopic (exact) mass is 244 g/mol. The molecular weight excluding hydrogens is 228 g/mol. The van der Waals surface area contributed by atoms with Crippen LogP contribution in [0, 0.1) is 0 Å². The summed E-state index contributed by atoms with van der Waals surface area (Å²) >= 11 is 4.08. The fraction of sp³-hybridized carbons (Fsp3) is 0.700. The van der Waals surface area contributed by atoms with Crippen LogP contribution in [0.25, 0.3) is 0 Å². The van der Waals surface area contributed by atoms with E-state index in [1.807, 2.05) is 6.92 Å². The molecule has 1 atom stereocenters. The minimum Gasteiger partial charge on any atom is -0.272 e. The zero-order valence-corrected chi connectivity index (χ0v) is 10.6. The Bertz CT molecular complexity index is 341. The van der Waals surface area contributed by atoms with Gasteiger partial charge in [-0.15, -0.1) is 0 Å². The lowest BCUT2D eigenvalue weighted by Gasteiger charge is -2.39. The van der Waals surface area contributed by atoms with Gasteiger partial charge in [0.1, 0.15) is 0 Å². The van der Waals surface area contributed by atoms with Gasteiger partial charge in [0.05, 0.1) is 0 Å². The maximum atomic E-state index is 11.9. The lowest BCUT2D eigenvalue weighted by atomic mass is 10.0. The molecule has 0 spiro atoms. The van der Waals surface area contributed by atoms with Crippen molar-refractivity contribution in [2.24, 2.45) is 0 Å². The van der Waals surface area contributed by atoms with Gasteiger partial charge in [0.15, 0.2) is 4.75 Å². The van der Waals surface area contributed by atoms with Crippen molar-refractivity contribution in [3.05, 3.63) is 0 Å². The molecule has 0 aromatic rings. The molecule has 5 nitrogen and oxygen atoms in total. The number of hydrogen-bond acceptors (Lipinski definition) is 4. The van der Waals surface area contributed by atoms with Gasteiger partial charge < -0.3 is 0 Å². The molecule has 1 rings (SSSR count). The number of carbonyl (C=O) groups is 3. The number of urea groups is 1. The van der Waals surface area contributed by atoms with Crippen LogP contribution in [0.3, 0.4) is 0 Å². The van der Waals surface area contributed by atoms with Gasteiger partial charge in [0.25, 0.3) is 11.8 Å². The highest BCUT2D eigenvalue weighted by Crippen LogP contribution is 2.26. The average Bonchev–Trinajstić information content (AvgIpc) is 2.23. The van der Waals surface area contributed by atoms with Gasteiger partial charge >= 0.3 is 6.03 Å². The van der Waals surface area contributed by atoms with E-state index in [1.54, 1.807) is 6.92 Å². The minimum atomic E-state index is -1.43. The van der Waals surface area contributed by atoms with E-state index >= 15 is 0 Å². The topological polar surface area (TPSA) is 57.7 Å². The fourth-order valence-corrected chi connectivity index (χ4v) is 1.88. The Morgan fingerprint density at radius 2 is 1.62 bits per heavy atom. The maximum Gasteiger partial charge on any atom is 0.333 e. The van der Waals surface area contributed by atoms with E-state index in [9.17, 15) is 14.4 Å². The second-order valence-corrected chi connectivity index (χ2v) is 4.76. The van der Waals surface area contributed by atoms with Gasteiger partial charge in [-0.2, -0.15) is 12.6 Å². The van der Waals surface area contributed by atoms with Gasteiger partial charge in [-0.25, -0.2) is 4.79 Å². The Labute approximate surface area is 100 Å². The molecule has 1 saturated heterocycles. The number of carbonyl (C=O) groups excluding carboxylic acids is 3. The molecule has 90 valence electrons. The summed E-state index contributed by atoms with van der Waals surface area (Å²) in [6.07, 6.45) is 0.660. The molecule has 1 aliphatic heterocycles. The van der Waals surface area contributed by atoms with Crippen LogP contribution >= 0.6 is 12.6 Å². The predicted octanol–water partition coefficient (Wildman–Crippen LogP) is 0.896. The summed E-state index contributed by atoms with van der Waals surface area (Å²) in [4.78, 5) is 37.7. The zero-order chi connectivity index (χ0) is 12.5. The largest absolute Gasteiger partial charge is 0.333 e. The number of barbiturate groups is 1. The fourth-order valence-electron chi connectivity index (χ4n) is 1.64. The Morgan fingerprint density at radius 3 is 2.06 bits per heavy atom. The Hall–Kier alpha value is -1.04. The number of thiol groups is 1. The third kappa shape index (κ3) is 1.81. The second kappa shape index (κ2) is 4.45. The smallest absolute Gasteiger partial charge is 0.272 e. The van der Waals surface area contributed by atoms with Gasteiger partial charge in [-0.3, -0.25) is 19.4 Å². The van der Waals surface area contributed by atoms with Crippen molar-refractivity contribution in [3.63, 3.8) is 0 Å². The summed E-state index contributed by atoms with van der Waals surface area (Å²) in [5.74, 6) is -1.07. The van der Waals surface area contributed by atoms with Crippen molar-refractivity contribution < 1.29 is 14.4 Å². The number of amides is 4. The first kappa shape index (κ1) is 13.0. The van der Waals surface area contributed by atoms with Crippen LogP contribution in [0.4, 0.5) is 4.79 Å². The van der Waals surface area contributed by atoms with E-state index in [4.69, 9.17) is 0 Å². The van der Waals surface area contributed by atoms with Crippen LogP contribution in [0.1, 0.15) is 27.2 Å². The third-order valence-corrected chi connectivity index (χ3v) is 2.93. The van der Waals surface area contributed by atoms with E-state index in [1.165, 1.54) is 6.92 Å². The van der Waals surface area contributed by atoms with Crippen LogP contribution in [0.15, 0.2) is 0 Å². The summed E-state index contributed by atoms with van der Waals surface area (Å²) in [5.41, 5.74) is 0. The highest BCUT2D eigenvalue weighted by atomic mass is 32.1. The lowest BCUT2D eigenvalue weighted by molar-refractivity contribution is -0.145. The molecule has 1 fully saturated rings. The number of rotatable bonds is 3. The second-order valence-electron chi connectivity index (χ2n) is 3.86. The molecule has 0 saturated carbocycles. The minimum absolute atomic E-state index is 0.251. The van der Waals surface area contributed by atoms with Crippen LogP contribution in [-0.4, -0.2) is 45.5 Å². The Balaban J connectivity index is 3.11. The molecule has 1 unspecified atom stereocenters. The zero-order valence-electron chi connectivity index (χ0n) is 9.69. The highest BCUT2D eigenvalue weighted by Gasteiger charge is 2.51. The van der Waals surface area contributed by atoms with Gasteiger partial charge in [0, 0.05) is 13.1 Å². The lowest BCUT2D eigenvalue weighted by Crippen LogP contribution is -2.65. The highest BCUT2D eigenvalue weighted by molar-refractivity contribution is 7.83. The molecule has 0 bridgehead atoms. The molecule has 6 heteroatoms. The van der Waals surface area contributed by atoms with Crippen molar-refractivity contribution in [1.29, 1.82) is 0 Å². The first-order valence-corrected chi connectivity index (χ1v) is 5.72. The van der Waals surface area contributed by atoms with Gasteiger partial charge in [0.2, 0.25) is 0 Å². The maximum absolute atomic E-state index is 11.9. The molecule has 0 aromatic heterocycles.